The van der Waals surface area contributed by atoms with E-state index in [1.807, 2.05) is 0 Å². The molecule has 0 heterocycles. The van der Waals surface area contributed by atoms with Gasteiger partial charge in [0.05, 0.1) is 12.1 Å². The first kappa shape index (κ1) is 12.4. The SMILES string of the molecule is Cc1cc(C(=O)O)ccc1OC(F)(F)CN. The molecule has 0 atom stereocenters. The highest BCUT2D eigenvalue weighted by molar-refractivity contribution is 5.88. The van der Waals surface area contributed by atoms with E-state index in [1.165, 1.54) is 25.1 Å². The Balaban J connectivity index is 2.96. The second-order valence-electron chi connectivity index (χ2n) is 3.23. The Kier molecular flexibility index (Phi) is 3.44. The van der Waals surface area contributed by atoms with Crippen LogP contribution in [0.25, 0.3) is 0 Å². The number of carboxylic acid groups (broad SMARTS) is 1. The van der Waals surface area contributed by atoms with E-state index in [9.17, 15) is 13.6 Å². The number of carboxylic acids is 1. The number of carbonyl (C=O) groups is 1. The van der Waals surface area contributed by atoms with E-state index in [2.05, 4.69) is 4.74 Å². The van der Waals surface area contributed by atoms with Crippen LogP contribution in [0.2, 0.25) is 0 Å². The van der Waals surface area contributed by atoms with Gasteiger partial charge in [0.15, 0.2) is 0 Å². The van der Waals surface area contributed by atoms with Gasteiger partial charge in [0.2, 0.25) is 0 Å². The van der Waals surface area contributed by atoms with Crippen LogP contribution in [0.3, 0.4) is 0 Å². The van der Waals surface area contributed by atoms with Crippen LogP contribution in [0, 0.1) is 6.92 Å². The maximum Gasteiger partial charge on any atom is 0.410 e. The molecule has 1 aromatic carbocycles. The number of hydrogen-bond acceptors (Lipinski definition) is 3. The molecule has 0 amide bonds. The van der Waals surface area contributed by atoms with Crippen molar-refractivity contribution in [3.05, 3.63) is 29.3 Å². The first-order valence-corrected chi connectivity index (χ1v) is 4.46. The van der Waals surface area contributed by atoms with Crippen molar-refractivity contribution in [2.45, 2.75) is 13.0 Å². The largest absolute Gasteiger partial charge is 0.478 e. The molecule has 0 aliphatic carbocycles. The molecule has 0 bridgehead atoms. The van der Waals surface area contributed by atoms with Crippen LogP contribution < -0.4 is 10.5 Å². The Morgan fingerprint density at radius 2 is 2.19 bits per heavy atom. The van der Waals surface area contributed by atoms with Gasteiger partial charge >= 0.3 is 12.1 Å². The predicted octanol–water partition coefficient (Wildman–Crippen LogP) is 1.62. The minimum Gasteiger partial charge on any atom is -0.478 e. The van der Waals surface area contributed by atoms with Gasteiger partial charge in [-0.25, -0.2) is 4.79 Å². The minimum atomic E-state index is -3.45. The lowest BCUT2D eigenvalue weighted by atomic mass is 10.1. The summed E-state index contributed by atoms with van der Waals surface area (Å²) in [5, 5.41) is 8.67. The van der Waals surface area contributed by atoms with Crippen molar-refractivity contribution < 1.29 is 23.4 Å². The van der Waals surface area contributed by atoms with Crippen LogP contribution >= 0.6 is 0 Å². The molecule has 0 spiro atoms. The number of nitrogens with two attached hydrogens (primary N) is 1. The van der Waals surface area contributed by atoms with Crippen molar-refractivity contribution in [2.24, 2.45) is 5.73 Å². The molecular weight excluding hydrogens is 220 g/mol. The highest BCUT2D eigenvalue weighted by Crippen LogP contribution is 2.25. The third kappa shape index (κ3) is 2.90. The number of hydrogen-bond donors (Lipinski definition) is 2. The van der Waals surface area contributed by atoms with Crippen molar-refractivity contribution >= 4 is 5.97 Å². The summed E-state index contributed by atoms with van der Waals surface area (Å²) < 4.78 is 30.0. The van der Waals surface area contributed by atoms with Crippen LogP contribution in [-0.4, -0.2) is 23.7 Å². The van der Waals surface area contributed by atoms with Crippen molar-refractivity contribution in [3.8, 4) is 5.75 Å². The summed E-state index contributed by atoms with van der Waals surface area (Å²) in [5.41, 5.74) is 5.14. The zero-order chi connectivity index (χ0) is 12.3. The smallest absolute Gasteiger partial charge is 0.410 e. The summed E-state index contributed by atoms with van der Waals surface area (Å²) in [5.74, 6) is -1.21. The maximum absolute atomic E-state index is 12.8. The minimum absolute atomic E-state index is 0.0147. The zero-order valence-corrected chi connectivity index (χ0v) is 8.54. The summed E-state index contributed by atoms with van der Waals surface area (Å²) in [6.07, 6.45) is -3.45. The molecule has 6 heteroatoms. The van der Waals surface area contributed by atoms with Crippen LogP contribution in [0.4, 0.5) is 8.78 Å². The number of alkyl halides is 2. The molecular formula is C10H11F2NO3. The average molecular weight is 231 g/mol. The number of halogens is 2. The molecule has 1 aromatic rings. The number of ether oxygens (including phenoxy) is 1. The van der Waals surface area contributed by atoms with Gasteiger partial charge in [0.25, 0.3) is 0 Å². The lowest BCUT2D eigenvalue weighted by Gasteiger charge is -2.17. The van der Waals surface area contributed by atoms with Gasteiger partial charge in [0, 0.05) is 0 Å². The lowest BCUT2D eigenvalue weighted by molar-refractivity contribution is -0.166. The fourth-order valence-corrected chi connectivity index (χ4v) is 1.10. The van der Waals surface area contributed by atoms with E-state index >= 15 is 0 Å². The molecule has 16 heavy (non-hydrogen) atoms. The Labute approximate surface area is 90.6 Å². The molecule has 0 fully saturated rings. The number of benzene rings is 1. The standard InChI is InChI=1S/C10H11F2NO3/c1-6-4-7(9(14)15)2-3-8(6)16-10(11,12)5-13/h2-4H,5,13H2,1H3,(H,14,15). The van der Waals surface area contributed by atoms with E-state index in [0.717, 1.165) is 0 Å². The fourth-order valence-electron chi connectivity index (χ4n) is 1.10. The highest BCUT2D eigenvalue weighted by atomic mass is 19.3. The predicted molar refractivity (Wildman–Crippen MR) is 52.8 cm³/mol. The van der Waals surface area contributed by atoms with Crippen LogP contribution in [0.5, 0.6) is 5.75 Å². The molecule has 0 aliphatic heterocycles. The number of aryl methyl sites for hydroxylation is 1. The third-order valence-electron chi connectivity index (χ3n) is 1.92. The molecule has 0 aliphatic rings. The quantitative estimate of drug-likeness (QED) is 0.825. The molecule has 0 radical (unpaired) electrons. The van der Waals surface area contributed by atoms with E-state index in [4.69, 9.17) is 10.8 Å². The van der Waals surface area contributed by atoms with Gasteiger partial charge in [-0.05, 0) is 30.7 Å². The topological polar surface area (TPSA) is 72.5 Å². The van der Waals surface area contributed by atoms with E-state index in [1.54, 1.807) is 0 Å². The summed E-state index contributed by atoms with van der Waals surface area (Å²) in [6.45, 7) is 0.543. The Morgan fingerprint density at radius 1 is 1.56 bits per heavy atom. The normalized spacial score (nSPS) is 11.2. The first-order chi connectivity index (χ1) is 7.35. The molecule has 0 aromatic heterocycles. The van der Waals surface area contributed by atoms with Gasteiger partial charge in [-0.15, -0.1) is 0 Å². The molecule has 4 nitrogen and oxygen atoms in total. The number of aromatic carboxylic acids is 1. The molecule has 0 saturated heterocycles. The van der Waals surface area contributed by atoms with Crippen molar-refractivity contribution in [2.75, 3.05) is 6.54 Å². The van der Waals surface area contributed by atoms with Gasteiger partial charge in [-0.1, -0.05) is 0 Å². The van der Waals surface area contributed by atoms with E-state index in [-0.39, 0.29) is 11.3 Å². The Morgan fingerprint density at radius 3 is 2.62 bits per heavy atom. The Hall–Kier alpha value is -1.69. The molecule has 0 saturated carbocycles. The zero-order valence-electron chi connectivity index (χ0n) is 8.54. The fraction of sp³-hybridized carbons (Fsp3) is 0.300. The van der Waals surface area contributed by atoms with E-state index < -0.39 is 18.6 Å². The third-order valence-corrected chi connectivity index (χ3v) is 1.92. The van der Waals surface area contributed by atoms with Crippen LogP contribution in [-0.2, 0) is 0 Å². The van der Waals surface area contributed by atoms with Gasteiger partial charge in [0.1, 0.15) is 5.75 Å². The molecule has 88 valence electrons. The maximum atomic E-state index is 12.8. The first-order valence-electron chi connectivity index (χ1n) is 4.46. The number of rotatable bonds is 4. The van der Waals surface area contributed by atoms with Crippen LogP contribution in [0.1, 0.15) is 15.9 Å². The van der Waals surface area contributed by atoms with Gasteiger partial charge < -0.3 is 15.6 Å². The summed E-state index contributed by atoms with van der Waals surface area (Å²) in [6, 6.07) is 3.63. The van der Waals surface area contributed by atoms with Crippen molar-refractivity contribution in [1.82, 2.24) is 0 Å². The second kappa shape index (κ2) is 4.44. The van der Waals surface area contributed by atoms with Crippen molar-refractivity contribution in [1.29, 1.82) is 0 Å². The molecule has 1 rings (SSSR count). The second-order valence-corrected chi connectivity index (χ2v) is 3.23. The van der Waals surface area contributed by atoms with Gasteiger partial charge in [-0.3, -0.25) is 0 Å². The Bertz CT molecular complexity index is 407. The summed E-state index contributed by atoms with van der Waals surface area (Å²) in [4.78, 5) is 10.6. The molecule has 3 N–H and O–H groups in total. The van der Waals surface area contributed by atoms with Crippen molar-refractivity contribution in [3.63, 3.8) is 0 Å². The highest BCUT2D eigenvalue weighted by Gasteiger charge is 2.29. The lowest BCUT2D eigenvalue weighted by Crippen LogP contribution is -2.34. The van der Waals surface area contributed by atoms with Crippen LogP contribution in [0.15, 0.2) is 18.2 Å². The molecule has 0 unspecified atom stereocenters. The summed E-state index contributed by atoms with van der Waals surface area (Å²) in [7, 11) is 0. The van der Waals surface area contributed by atoms with Gasteiger partial charge in [-0.2, -0.15) is 8.78 Å². The summed E-state index contributed by atoms with van der Waals surface area (Å²) >= 11 is 0. The monoisotopic (exact) mass is 231 g/mol. The van der Waals surface area contributed by atoms with E-state index in [0.29, 0.717) is 5.56 Å². The average Bonchev–Trinajstić information content (AvgIpc) is 2.20.